The van der Waals surface area contributed by atoms with Gasteiger partial charge >= 0.3 is 6.61 Å². The maximum atomic E-state index is 13.6. The van der Waals surface area contributed by atoms with Gasteiger partial charge in [-0.15, -0.1) is 0 Å². The van der Waals surface area contributed by atoms with E-state index in [2.05, 4.69) is 30.8 Å². The number of hydrogen-bond donors (Lipinski definition) is 1. The van der Waals surface area contributed by atoms with Crippen molar-refractivity contribution < 1.29 is 27.5 Å². The average molecular weight is 426 g/mol. The van der Waals surface area contributed by atoms with Gasteiger partial charge in [-0.2, -0.15) is 8.78 Å². The Balaban J connectivity index is 1.40. The summed E-state index contributed by atoms with van der Waals surface area (Å²) < 4.78 is 42.3. The van der Waals surface area contributed by atoms with Crippen LogP contribution < -0.4 is 10.1 Å². The molecule has 30 heavy (non-hydrogen) atoms. The lowest BCUT2D eigenvalue weighted by molar-refractivity contribution is -0.155. The van der Waals surface area contributed by atoms with Crippen molar-refractivity contribution in [2.75, 3.05) is 19.6 Å². The van der Waals surface area contributed by atoms with E-state index in [1.54, 1.807) is 0 Å². The lowest BCUT2D eigenvalue weighted by Crippen LogP contribution is -2.64. The van der Waals surface area contributed by atoms with E-state index in [9.17, 15) is 22.8 Å². The van der Waals surface area contributed by atoms with Gasteiger partial charge in [0.2, 0.25) is 5.91 Å². The second kappa shape index (κ2) is 8.47. The predicted molar refractivity (Wildman–Crippen MR) is 106 cm³/mol. The van der Waals surface area contributed by atoms with Crippen LogP contribution in [0.5, 0.6) is 5.75 Å². The highest BCUT2D eigenvalue weighted by atomic mass is 19.3. The second-order valence-electron chi connectivity index (χ2n) is 9.85. The van der Waals surface area contributed by atoms with Crippen molar-refractivity contribution in [2.45, 2.75) is 53.1 Å². The number of hydrogen-bond acceptors (Lipinski definition) is 3. The van der Waals surface area contributed by atoms with Crippen LogP contribution in [0.2, 0.25) is 0 Å². The molecule has 2 amide bonds. The van der Waals surface area contributed by atoms with Crippen molar-refractivity contribution in [3.05, 3.63) is 29.6 Å². The zero-order valence-electron chi connectivity index (χ0n) is 17.6. The maximum absolute atomic E-state index is 13.6. The molecule has 0 radical (unpaired) electrons. The molecule has 1 spiro atoms. The molecular formula is C22H29F3N2O3. The summed E-state index contributed by atoms with van der Waals surface area (Å²) in [4.78, 5) is 26.4. The maximum Gasteiger partial charge on any atom is 0.387 e. The molecule has 0 atom stereocenters. The molecule has 166 valence electrons. The Morgan fingerprint density at radius 1 is 1.23 bits per heavy atom. The topological polar surface area (TPSA) is 58.6 Å². The minimum atomic E-state index is -3.09. The van der Waals surface area contributed by atoms with Crippen LogP contribution in [0.3, 0.4) is 0 Å². The van der Waals surface area contributed by atoms with E-state index < -0.39 is 18.3 Å². The van der Waals surface area contributed by atoms with Crippen LogP contribution in [0.1, 0.15) is 56.8 Å². The van der Waals surface area contributed by atoms with E-state index in [-0.39, 0.29) is 28.1 Å². The summed E-state index contributed by atoms with van der Waals surface area (Å²) >= 11 is 0. The average Bonchev–Trinajstić information content (AvgIpc) is 2.55. The quantitative estimate of drug-likeness (QED) is 0.710. The summed E-state index contributed by atoms with van der Waals surface area (Å²) in [5.41, 5.74) is 0.259. The van der Waals surface area contributed by atoms with Crippen LogP contribution in [0, 0.1) is 22.6 Å². The van der Waals surface area contributed by atoms with Crippen LogP contribution in [-0.2, 0) is 4.79 Å². The first-order valence-corrected chi connectivity index (χ1v) is 10.3. The lowest BCUT2D eigenvalue weighted by Gasteiger charge is -2.59. The van der Waals surface area contributed by atoms with Crippen molar-refractivity contribution in [1.82, 2.24) is 10.2 Å². The van der Waals surface area contributed by atoms with Crippen molar-refractivity contribution >= 4 is 11.8 Å². The van der Waals surface area contributed by atoms with Gasteiger partial charge in [-0.3, -0.25) is 9.59 Å². The van der Waals surface area contributed by atoms with Gasteiger partial charge < -0.3 is 15.0 Å². The Morgan fingerprint density at radius 3 is 2.50 bits per heavy atom. The van der Waals surface area contributed by atoms with Crippen LogP contribution in [-0.4, -0.2) is 43.0 Å². The zero-order chi connectivity index (χ0) is 22.1. The van der Waals surface area contributed by atoms with E-state index in [1.807, 2.05) is 4.90 Å². The molecule has 1 aliphatic heterocycles. The zero-order valence-corrected chi connectivity index (χ0v) is 17.6. The number of benzene rings is 1. The van der Waals surface area contributed by atoms with E-state index in [1.165, 1.54) is 0 Å². The summed E-state index contributed by atoms with van der Waals surface area (Å²) in [6.45, 7) is 5.27. The van der Waals surface area contributed by atoms with E-state index in [0.29, 0.717) is 18.9 Å². The molecule has 1 N–H and O–H groups in total. The summed E-state index contributed by atoms with van der Waals surface area (Å²) in [6, 6.07) is 2.90. The smallest absolute Gasteiger partial charge is 0.387 e. The summed E-state index contributed by atoms with van der Waals surface area (Å²) in [6.07, 6.45) is 3.30. The highest BCUT2D eigenvalue weighted by molar-refractivity contribution is 5.94. The number of rotatable bonds is 7. The largest absolute Gasteiger partial charge is 0.435 e. The molecule has 0 bridgehead atoms. The normalized spacial score (nSPS) is 18.2. The van der Waals surface area contributed by atoms with Crippen LogP contribution >= 0.6 is 0 Å². The Morgan fingerprint density at radius 2 is 1.90 bits per heavy atom. The number of carbonyl (C=O) groups is 2. The lowest BCUT2D eigenvalue weighted by atomic mass is 9.57. The summed E-state index contributed by atoms with van der Waals surface area (Å²) in [5.74, 6) is -1.22. The fourth-order valence-corrected chi connectivity index (χ4v) is 4.35. The third-order valence-corrected chi connectivity index (χ3v) is 5.85. The minimum Gasteiger partial charge on any atom is -0.435 e. The fraction of sp³-hybridized carbons (Fsp3) is 0.636. The van der Waals surface area contributed by atoms with Crippen LogP contribution in [0.15, 0.2) is 18.2 Å². The van der Waals surface area contributed by atoms with Gasteiger partial charge in [-0.1, -0.05) is 20.8 Å². The first-order valence-electron chi connectivity index (χ1n) is 10.3. The molecule has 3 rings (SSSR count). The Bertz CT molecular complexity index is 793. The summed E-state index contributed by atoms with van der Waals surface area (Å²) in [7, 11) is 0. The van der Waals surface area contributed by atoms with Gasteiger partial charge in [0, 0.05) is 43.1 Å². The van der Waals surface area contributed by atoms with Crippen molar-refractivity contribution in [3.8, 4) is 5.75 Å². The molecule has 1 saturated carbocycles. The Labute approximate surface area is 175 Å². The molecule has 2 fully saturated rings. The molecule has 0 aromatic heterocycles. The third-order valence-electron chi connectivity index (χ3n) is 5.85. The number of carbonyl (C=O) groups excluding carboxylic acids is 2. The monoisotopic (exact) mass is 426 g/mol. The minimum absolute atomic E-state index is 0.0565. The van der Waals surface area contributed by atoms with Gasteiger partial charge in [-0.25, -0.2) is 4.39 Å². The molecule has 1 saturated heterocycles. The SMILES string of the molecule is CC(C)(C)CCC(=O)N1CC2(CC(CNC(=O)c3cc(F)cc(OC(F)F)c3)C2)C1. The molecule has 2 aliphatic rings. The molecule has 0 unspecified atom stereocenters. The van der Waals surface area contributed by atoms with Gasteiger partial charge in [-0.05, 0) is 42.7 Å². The first kappa shape index (κ1) is 22.4. The molecule has 5 nitrogen and oxygen atoms in total. The van der Waals surface area contributed by atoms with Gasteiger partial charge in [0.25, 0.3) is 5.91 Å². The van der Waals surface area contributed by atoms with E-state index in [4.69, 9.17) is 0 Å². The number of amides is 2. The standard InChI is InChI=1S/C22H29F3N2O3/c1-21(2,3)5-4-18(28)27-12-22(13-27)9-14(10-22)11-26-19(29)15-6-16(23)8-17(7-15)30-20(24)25/h6-8,14,20H,4-5,9-13H2,1-3H3,(H,26,29). The van der Waals surface area contributed by atoms with E-state index >= 15 is 0 Å². The Kier molecular flexibility index (Phi) is 6.34. The third kappa shape index (κ3) is 5.67. The van der Waals surface area contributed by atoms with Crippen molar-refractivity contribution in [2.24, 2.45) is 16.7 Å². The molecular weight excluding hydrogens is 397 g/mol. The number of likely N-dealkylation sites (tertiary alicyclic amines) is 1. The van der Waals surface area contributed by atoms with E-state index in [0.717, 1.165) is 50.6 Å². The molecule has 1 aromatic carbocycles. The second-order valence-corrected chi connectivity index (χ2v) is 9.85. The molecule has 1 aliphatic carbocycles. The number of ether oxygens (including phenoxy) is 1. The van der Waals surface area contributed by atoms with Gasteiger partial charge in [0.05, 0.1) is 0 Å². The molecule has 1 heterocycles. The highest BCUT2D eigenvalue weighted by Gasteiger charge is 2.53. The van der Waals surface area contributed by atoms with Gasteiger partial charge in [0.15, 0.2) is 0 Å². The van der Waals surface area contributed by atoms with Crippen molar-refractivity contribution in [3.63, 3.8) is 0 Å². The number of nitrogens with zero attached hydrogens (tertiary/aromatic N) is 1. The first-order chi connectivity index (χ1) is 13.9. The molecule has 1 aromatic rings. The number of alkyl halides is 2. The fourth-order valence-electron chi connectivity index (χ4n) is 4.35. The van der Waals surface area contributed by atoms with Crippen LogP contribution in [0.4, 0.5) is 13.2 Å². The van der Waals surface area contributed by atoms with Crippen molar-refractivity contribution in [1.29, 1.82) is 0 Å². The van der Waals surface area contributed by atoms with Crippen LogP contribution in [0.25, 0.3) is 0 Å². The number of nitrogens with one attached hydrogen (secondary N) is 1. The van der Waals surface area contributed by atoms with Gasteiger partial charge in [0.1, 0.15) is 11.6 Å². The highest BCUT2D eigenvalue weighted by Crippen LogP contribution is 2.51. The number of halogens is 3. The summed E-state index contributed by atoms with van der Waals surface area (Å²) in [5, 5.41) is 2.74. The predicted octanol–water partition coefficient (Wildman–Crippen LogP) is 4.22. The molecule has 8 heteroatoms. The Hall–Kier alpha value is -2.25.